The number of aryl methyl sites for hydroxylation is 2. The maximum atomic E-state index is 11.8. The zero-order valence-corrected chi connectivity index (χ0v) is 12.0. The molecule has 1 heterocycles. The number of methoxy groups -OCH3 is 1. The Hall–Kier alpha value is -2.87. The molecule has 0 radical (unpaired) electrons. The number of nitrogens with one attached hydrogen (secondary N) is 1. The second-order valence-electron chi connectivity index (χ2n) is 4.70. The van der Waals surface area contributed by atoms with Gasteiger partial charge in [-0.25, -0.2) is 4.79 Å². The second kappa shape index (κ2) is 5.63. The van der Waals surface area contributed by atoms with E-state index in [2.05, 4.69) is 4.98 Å². The maximum absolute atomic E-state index is 11.8. The average molecular weight is 282 g/mol. The van der Waals surface area contributed by atoms with Crippen LogP contribution in [0.1, 0.15) is 27.2 Å². The van der Waals surface area contributed by atoms with Crippen LogP contribution in [0.2, 0.25) is 0 Å². The summed E-state index contributed by atoms with van der Waals surface area (Å²) in [5.41, 5.74) is 2.56. The monoisotopic (exact) mass is 282 g/mol. The van der Waals surface area contributed by atoms with E-state index in [9.17, 15) is 9.59 Å². The summed E-state index contributed by atoms with van der Waals surface area (Å²) in [6.45, 7) is 3.53. The van der Waals surface area contributed by atoms with E-state index in [0.717, 1.165) is 5.56 Å². The number of H-pyrrole nitrogens is 1. The van der Waals surface area contributed by atoms with Crippen molar-refractivity contribution in [2.24, 2.45) is 0 Å². The summed E-state index contributed by atoms with van der Waals surface area (Å²) < 4.78 is 4.74. The lowest BCUT2D eigenvalue weighted by molar-refractivity contribution is 0.0600. The van der Waals surface area contributed by atoms with E-state index in [1.165, 1.54) is 7.11 Å². The van der Waals surface area contributed by atoms with Crippen molar-refractivity contribution in [3.05, 3.63) is 57.0 Å². The Kier molecular flexibility index (Phi) is 3.90. The molecular formula is C16H14N2O3. The largest absolute Gasteiger partial charge is 0.465 e. The van der Waals surface area contributed by atoms with Gasteiger partial charge in [-0.05, 0) is 37.1 Å². The van der Waals surface area contributed by atoms with Gasteiger partial charge in [0.25, 0.3) is 5.56 Å². The van der Waals surface area contributed by atoms with E-state index >= 15 is 0 Å². The minimum absolute atomic E-state index is 0.0280. The van der Waals surface area contributed by atoms with Gasteiger partial charge in [-0.1, -0.05) is 12.1 Å². The molecule has 1 aromatic heterocycles. The molecule has 0 spiro atoms. The Bertz CT molecular complexity index is 813. The van der Waals surface area contributed by atoms with Crippen LogP contribution in [0, 0.1) is 25.2 Å². The van der Waals surface area contributed by atoms with Gasteiger partial charge < -0.3 is 9.72 Å². The third-order valence-electron chi connectivity index (χ3n) is 3.23. The summed E-state index contributed by atoms with van der Waals surface area (Å²) in [6.07, 6.45) is 0. The number of nitriles is 1. The number of benzene rings is 1. The van der Waals surface area contributed by atoms with E-state index in [1.54, 1.807) is 38.1 Å². The molecule has 0 aliphatic carbocycles. The lowest BCUT2D eigenvalue weighted by atomic mass is 9.97. The van der Waals surface area contributed by atoms with E-state index in [0.29, 0.717) is 22.4 Å². The van der Waals surface area contributed by atoms with Crippen LogP contribution in [0.25, 0.3) is 11.1 Å². The molecule has 0 unspecified atom stereocenters. The fraction of sp³-hybridized carbons (Fsp3) is 0.188. The molecule has 1 N–H and O–H groups in total. The highest BCUT2D eigenvalue weighted by Crippen LogP contribution is 2.25. The zero-order chi connectivity index (χ0) is 15.6. The standard InChI is InChI=1S/C16H14N2O3/c1-9-4-5-11(7-12(9)16(20)21-3)13-6-10(2)18-15(19)14(13)8-17/h4-7H,1-3H3,(H,18,19). The van der Waals surface area contributed by atoms with Gasteiger partial charge in [0, 0.05) is 11.3 Å². The first-order chi connectivity index (χ1) is 9.97. The van der Waals surface area contributed by atoms with Crippen molar-refractivity contribution in [2.45, 2.75) is 13.8 Å². The second-order valence-corrected chi connectivity index (χ2v) is 4.70. The third-order valence-corrected chi connectivity index (χ3v) is 3.23. The maximum Gasteiger partial charge on any atom is 0.338 e. The van der Waals surface area contributed by atoms with Crippen molar-refractivity contribution in [2.75, 3.05) is 7.11 Å². The van der Waals surface area contributed by atoms with Crippen LogP contribution in [-0.4, -0.2) is 18.1 Å². The fourth-order valence-electron chi connectivity index (χ4n) is 2.15. The van der Waals surface area contributed by atoms with Crippen LogP contribution in [0.15, 0.2) is 29.1 Å². The molecule has 0 aliphatic heterocycles. The Morgan fingerprint density at radius 3 is 2.62 bits per heavy atom. The summed E-state index contributed by atoms with van der Waals surface area (Å²) >= 11 is 0. The van der Waals surface area contributed by atoms with Crippen LogP contribution >= 0.6 is 0 Å². The van der Waals surface area contributed by atoms with E-state index in [4.69, 9.17) is 10.00 Å². The summed E-state index contributed by atoms with van der Waals surface area (Å²) in [4.78, 5) is 26.2. The smallest absolute Gasteiger partial charge is 0.338 e. The summed E-state index contributed by atoms with van der Waals surface area (Å²) in [5, 5.41) is 9.17. The van der Waals surface area contributed by atoms with Crippen molar-refractivity contribution >= 4 is 5.97 Å². The van der Waals surface area contributed by atoms with Gasteiger partial charge in [-0.2, -0.15) is 5.26 Å². The number of carbonyl (C=O) groups is 1. The molecule has 0 amide bonds. The number of carbonyl (C=O) groups excluding carboxylic acids is 1. The highest BCUT2D eigenvalue weighted by atomic mass is 16.5. The minimum Gasteiger partial charge on any atom is -0.465 e. The Morgan fingerprint density at radius 1 is 1.29 bits per heavy atom. The number of hydrogen-bond donors (Lipinski definition) is 1. The van der Waals surface area contributed by atoms with Crippen molar-refractivity contribution in [1.82, 2.24) is 4.98 Å². The minimum atomic E-state index is -0.450. The van der Waals surface area contributed by atoms with Gasteiger partial charge in [-0.3, -0.25) is 4.79 Å². The Balaban J connectivity index is 2.72. The Morgan fingerprint density at radius 2 is 2.00 bits per heavy atom. The van der Waals surface area contributed by atoms with Gasteiger partial charge >= 0.3 is 5.97 Å². The molecule has 0 fully saturated rings. The van der Waals surface area contributed by atoms with Crippen LogP contribution in [0.5, 0.6) is 0 Å². The van der Waals surface area contributed by atoms with Gasteiger partial charge in [0.1, 0.15) is 11.6 Å². The molecule has 0 atom stereocenters. The van der Waals surface area contributed by atoms with E-state index < -0.39 is 11.5 Å². The predicted octanol–water partition coefficient (Wildman–Crippen LogP) is 2.32. The lowest BCUT2D eigenvalue weighted by Crippen LogP contribution is -2.13. The fourth-order valence-corrected chi connectivity index (χ4v) is 2.15. The molecular weight excluding hydrogens is 268 g/mol. The van der Waals surface area contributed by atoms with Gasteiger partial charge in [0.05, 0.1) is 12.7 Å². The van der Waals surface area contributed by atoms with Crippen LogP contribution in [0.3, 0.4) is 0 Å². The van der Waals surface area contributed by atoms with Crippen molar-refractivity contribution in [3.63, 3.8) is 0 Å². The Labute approximate surface area is 121 Å². The highest BCUT2D eigenvalue weighted by Gasteiger charge is 2.14. The molecule has 21 heavy (non-hydrogen) atoms. The van der Waals surface area contributed by atoms with Crippen LogP contribution in [0.4, 0.5) is 0 Å². The van der Waals surface area contributed by atoms with E-state index in [1.807, 2.05) is 6.07 Å². The molecule has 106 valence electrons. The number of pyridine rings is 1. The normalized spacial score (nSPS) is 10.0. The summed E-state index contributed by atoms with van der Waals surface area (Å²) in [5.74, 6) is -0.450. The number of ether oxygens (including phenoxy) is 1. The predicted molar refractivity (Wildman–Crippen MR) is 78.0 cm³/mol. The molecule has 2 rings (SSSR count). The zero-order valence-electron chi connectivity index (χ0n) is 12.0. The molecule has 2 aromatic rings. The summed E-state index contributed by atoms with van der Waals surface area (Å²) in [6, 6.07) is 8.79. The number of nitrogens with zero attached hydrogens (tertiary/aromatic N) is 1. The molecule has 0 saturated heterocycles. The van der Waals surface area contributed by atoms with Gasteiger partial charge in [0.2, 0.25) is 0 Å². The summed E-state index contributed by atoms with van der Waals surface area (Å²) in [7, 11) is 1.31. The molecule has 5 heteroatoms. The number of aromatic amines is 1. The number of rotatable bonds is 2. The molecule has 0 aliphatic rings. The first-order valence-corrected chi connectivity index (χ1v) is 6.31. The highest BCUT2D eigenvalue weighted by molar-refractivity contribution is 5.92. The van der Waals surface area contributed by atoms with E-state index in [-0.39, 0.29) is 5.56 Å². The van der Waals surface area contributed by atoms with Gasteiger partial charge in [0.15, 0.2) is 0 Å². The van der Waals surface area contributed by atoms with Crippen molar-refractivity contribution in [3.8, 4) is 17.2 Å². The van der Waals surface area contributed by atoms with Crippen molar-refractivity contribution < 1.29 is 9.53 Å². The number of aromatic nitrogens is 1. The van der Waals surface area contributed by atoms with Crippen LogP contribution in [-0.2, 0) is 4.74 Å². The molecule has 0 saturated carbocycles. The van der Waals surface area contributed by atoms with Gasteiger partial charge in [-0.15, -0.1) is 0 Å². The van der Waals surface area contributed by atoms with Crippen molar-refractivity contribution in [1.29, 1.82) is 5.26 Å². The number of esters is 1. The number of hydrogen-bond acceptors (Lipinski definition) is 4. The average Bonchev–Trinajstić information content (AvgIpc) is 2.46. The SMILES string of the molecule is COC(=O)c1cc(-c2cc(C)[nH]c(=O)c2C#N)ccc1C. The molecule has 0 bridgehead atoms. The molecule has 5 nitrogen and oxygen atoms in total. The molecule has 1 aromatic carbocycles. The topological polar surface area (TPSA) is 83.0 Å². The first-order valence-electron chi connectivity index (χ1n) is 6.31. The van der Waals surface area contributed by atoms with Crippen LogP contribution < -0.4 is 5.56 Å². The first kappa shape index (κ1) is 14.5. The third kappa shape index (κ3) is 2.70. The lowest BCUT2D eigenvalue weighted by Gasteiger charge is -2.09. The quantitative estimate of drug-likeness (QED) is 0.857.